The van der Waals surface area contributed by atoms with Crippen LogP contribution in [0.4, 0.5) is 4.39 Å². The molecule has 25 heavy (non-hydrogen) atoms. The highest BCUT2D eigenvalue weighted by atomic mass is 19.1. The first-order valence-corrected chi connectivity index (χ1v) is 8.19. The van der Waals surface area contributed by atoms with Crippen molar-refractivity contribution in [3.8, 4) is 11.4 Å². The van der Waals surface area contributed by atoms with E-state index in [0.29, 0.717) is 23.4 Å². The van der Waals surface area contributed by atoms with Crippen LogP contribution in [0, 0.1) is 12.7 Å². The minimum Gasteiger partial charge on any atom is -0.345 e. The number of aromatic nitrogens is 3. The number of nitrogens with zero attached hydrogens (tertiary/aromatic N) is 2. The van der Waals surface area contributed by atoms with Gasteiger partial charge >= 0.3 is 0 Å². The molecule has 0 fully saturated rings. The van der Waals surface area contributed by atoms with Crippen LogP contribution in [0.3, 0.4) is 0 Å². The number of halogens is 1. The minimum atomic E-state index is -0.194. The summed E-state index contributed by atoms with van der Waals surface area (Å²) in [6, 6.07) is 12.0. The van der Waals surface area contributed by atoms with Crippen molar-refractivity contribution in [3.05, 3.63) is 70.8 Å². The molecule has 1 aliphatic rings. The van der Waals surface area contributed by atoms with Crippen LogP contribution in [-0.4, -0.2) is 21.1 Å². The second kappa shape index (κ2) is 6.12. The average molecular weight is 336 g/mol. The maximum Gasteiger partial charge on any atom is 0.251 e. The number of nitrogens with one attached hydrogen (secondary N) is 2. The van der Waals surface area contributed by atoms with E-state index in [-0.39, 0.29) is 17.8 Å². The predicted molar refractivity (Wildman–Crippen MR) is 91.5 cm³/mol. The fraction of sp³-hybridized carbons (Fsp3) is 0.211. The molecule has 2 N–H and O–H groups in total. The normalized spacial score (nSPS) is 15.8. The molecule has 2 aromatic carbocycles. The van der Waals surface area contributed by atoms with Gasteiger partial charge in [0.15, 0.2) is 5.82 Å². The number of hydrogen-bond acceptors (Lipinski definition) is 3. The van der Waals surface area contributed by atoms with E-state index in [1.807, 2.05) is 25.1 Å². The van der Waals surface area contributed by atoms with Crippen molar-refractivity contribution in [3.63, 3.8) is 0 Å². The zero-order valence-corrected chi connectivity index (χ0v) is 13.7. The van der Waals surface area contributed by atoms with Gasteiger partial charge in [0.1, 0.15) is 11.6 Å². The zero-order valence-electron chi connectivity index (χ0n) is 13.7. The monoisotopic (exact) mass is 336 g/mol. The third-order valence-electron chi connectivity index (χ3n) is 4.52. The first kappa shape index (κ1) is 15.5. The van der Waals surface area contributed by atoms with Gasteiger partial charge in [-0.25, -0.2) is 9.37 Å². The van der Waals surface area contributed by atoms with Crippen LogP contribution >= 0.6 is 0 Å². The van der Waals surface area contributed by atoms with E-state index in [2.05, 4.69) is 20.5 Å². The predicted octanol–water partition coefficient (Wildman–Crippen LogP) is 3.34. The summed E-state index contributed by atoms with van der Waals surface area (Å²) in [4.78, 5) is 16.8. The summed E-state index contributed by atoms with van der Waals surface area (Å²) in [5, 5.41) is 9.90. The molecule has 0 radical (unpaired) electrons. The lowest BCUT2D eigenvalue weighted by atomic mass is 10.1. The molecule has 1 amide bonds. The number of aromatic amines is 1. The Hall–Kier alpha value is -3.02. The Morgan fingerprint density at radius 1 is 1.24 bits per heavy atom. The van der Waals surface area contributed by atoms with E-state index < -0.39 is 0 Å². The summed E-state index contributed by atoms with van der Waals surface area (Å²) in [5.74, 6) is 0.980. The Balaban J connectivity index is 1.50. The van der Waals surface area contributed by atoms with Gasteiger partial charge in [-0.3, -0.25) is 9.89 Å². The van der Waals surface area contributed by atoms with E-state index in [0.717, 1.165) is 23.4 Å². The van der Waals surface area contributed by atoms with Gasteiger partial charge in [0, 0.05) is 11.1 Å². The second-order valence-corrected chi connectivity index (χ2v) is 6.19. The average Bonchev–Trinajstić information content (AvgIpc) is 3.23. The molecule has 5 nitrogen and oxygen atoms in total. The van der Waals surface area contributed by atoms with Crippen LogP contribution in [0.5, 0.6) is 0 Å². The molecule has 6 heteroatoms. The number of benzene rings is 2. The Kier molecular flexibility index (Phi) is 3.80. The van der Waals surface area contributed by atoms with Crippen molar-refractivity contribution in [1.29, 1.82) is 0 Å². The smallest absolute Gasteiger partial charge is 0.251 e. The molecule has 0 saturated carbocycles. The van der Waals surface area contributed by atoms with Gasteiger partial charge in [0.05, 0.1) is 6.04 Å². The third kappa shape index (κ3) is 2.91. The molecule has 1 heterocycles. The lowest BCUT2D eigenvalue weighted by molar-refractivity contribution is 0.0936. The maximum atomic E-state index is 13.8. The van der Waals surface area contributed by atoms with E-state index in [9.17, 15) is 9.18 Å². The van der Waals surface area contributed by atoms with Gasteiger partial charge in [-0.15, -0.1) is 0 Å². The van der Waals surface area contributed by atoms with Gasteiger partial charge in [-0.05, 0) is 49.1 Å². The van der Waals surface area contributed by atoms with Gasteiger partial charge in [-0.2, -0.15) is 5.10 Å². The molecule has 1 aromatic heterocycles. The Bertz CT molecular complexity index is 933. The van der Waals surface area contributed by atoms with Crippen LogP contribution in [0.1, 0.15) is 39.8 Å². The van der Waals surface area contributed by atoms with Crippen molar-refractivity contribution in [2.45, 2.75) is 25.8 Å². The summed E-state index contributed by atoms with van der Waals surface area (Å²) in [7, 11) is 0. The van der Waals surface area contributed by atoms with E-state index >= 15 is 0 Å². The van der Waals surface area contributed by atoms with Crippen LogP contribution in [0.2, 0.25) is 0 Å². The highest BCUT2D eigenvalue weighted by Crippen LogP contribution is 2.32. The lowest BCUT2D eigenvalue weighted by Gasteiger charge is -2.14. The number of amides is 1. The summed E-state index contributed by atoms with van der Waals surface area (Å²) in [6.45, 7) is 1.83. The van der Waals surface area contributed by atoms with Crippen LogP contribution in [0.25, 0.3) is 11.4 Å². The molecule has 1 atom stereocenters. The van der Waals surface area contributed by atoms with Crippen LogP contribution in [0.15, 0.2) is 42.5 Å². The molecule has 1 unspecified atom stereocenters. The molecule has 0 saturated heterocycles. The van der Waals surface area contributed by atoms with Gasteiger partial charge in [0.25, 0.3) is 5.91 Å². The second-order valence-electron chi connectivity index (χ2n) is 6.19. The molecule has 1 aliphatic carbocycles. The third-order valence-corrected chi connectivity index (χ3v) is 4.52. The zero-order chi connectivity index (χ0) is 17.4. The fourth-order valence-corrected chi connectivity index (χ4v) is 3.24. The van der Waals surface area contributed by atoms with Crippen molar-refractivity contribution in [2.75, 3.05) is 0 Å². The number of hydrogen-bond donors (Lipinski definition) is 2. The number of H-pyrrole nitrogens is 1. The molecule has 0 spiro atoms. The standard InChI is InChI=1S/C19H17FN4O/c1-11-21-18(24-23-11)12-5-7-13(8-6-12)19(25)22-17-10-9-14-15(17)3-2-4-16(14)20/h2-8,17H,9-10H2,1H3,(H,22,25)(H,21,23,24). The van der Waals surface area contributed by atoms with E-state index in [4.69, 9.17) is 0 Å². The van der Waals surface area contributed by atoms with E-state index in [1.54, 1.807) is 18.2 Å². The molecular formula is C19H17FN4O. The number of carbonyl (C=O) groups excluding carboxylic acids is 1. The molecule has 0 aliphatic heterocycles. The fourth-order valence-electron chi connectivity index (χ4n) is 3.24. The Labute approximate surface area is 144 Å². The summed E-state index contributed by atoms with van der Waals surface area (Å²) in [6.07, 6.45) is 1.37. The first-order valence-electron chi connectivity index (χ1n) is 8.19. The number of rotatable bonds is 3. The number of carbonyl (C=O) groups is 1. The highest BCUT2D eigenvalue weighted by molar-refractivity contribution is 5.95. The van der Waals surface area contributed by atoms with Gasteiger partial charge in [0.2, 0.25) is 0 Å². The number of aryl methyl sites for hydroxylation is 1. The van der Waals surface area contributed by atoms with Crippen molar-refractivity contribution in [2.24, 2.45) is 0 Å². The van der Waals surface area contributed by atoms with Crippen LogP contribution in [-0.2, 0) is 6.42 Å². The van der Waals surface area contributed by atoms with E-state index in [1.165, 1.54) is 6.07 Å². The molecule has 4 rings (SSSR count). The summed E-state index contributed by atoms with van der Waals surface area (Å²) >= 11 is 0. The summed E-state index contributed by atoms with van der Waals surface area (Å²) < 4.78 is 13.8. The van der Waals surface area contributed by atoms with Gasteiger partial charge < -0.3 is 5.32 Å². The lowest BCUT2D eigenvalue weighted by Crippen LogP contribution is -2.27. The van der Waals surface area contributed by atoms with Crippen molar-refractivity contribution < 1.29 is 9.18 Å². The minimum absolute atomic E-state index is 0.145. The first-order chi connectivity index (χ1) is 12.1. The van der Waals surface area contributed by atoms with Crippen molar-refractivity contribution in [1.82, 2.24) is 20.5 Å². The topological polar surface area (TPSA) is 70.7 Å². The molecule has 126 valence electrons. The van der Waals surface area contributed by atoms with Crippen molar-refractivity contribution >= 4 is 5.91 Å². The Morgan fingerprint density at radius 2 is 2.04 bits per heavy atom. The SMILES string of the molecule is Cc1nc(-c2ccc(C(=O)NC3CCc4c(F)cccc43)cc2)n[nH]1. The Morgan fingerprint density at radius 3 is 2.76 bits per heavy atom. The largest absolute Gasteiger partial charge is 0.345 e. The quantitative estimate of drug-likeness (QED) is 0.771. The molecule has 0 bridgehead atoms. The van der Waals surface area contributed by atoms with Gasteiger partial charge in [-0.1, -0.05) is 24.3 Å². The summed E-state index contributed by atoms with van der Waals surface area (Å²) in [5.41, 5.74) is 2.99. The highest BCUT2D eigenvalue weighted by Gasteiger charge is 2.26. The van der Waals surface area contributed by atoms with Crippen LogP contribution < -0.4 is 5.32 Å². The molecular weight excluding hydrogens is 319 g/mol. The maximum absolute atomic E-state index is 13.8. The number of fused-ring (bicyclic) bond motifs is 1. The molecule has 3 aromatic rings.